The summed E-state index contributed by atoms with van der Waals surface area (Å²) in [6.07, 6.45) is 4.45. The molecular weight excluding hydrogens is 270 g/mol. The second kappa shape index (κ2) is 5.69. The minimum absolute atomic E-state index is 0.150. The molecule has 1 aromatic heterocycles. The van der Waals surface area contributed by atoms with Gasteiger partial charge in [0.15, 0.2) is 0 Å². The Hall–Kier alpha value is -0.540. The fourth-order valence-corrected chi connectivity index (χ4v) is 4.30. The number of nitrogens with zero attached hydrogens (tertiary/aromatic N) is 2. The first-order valence-corrected chi connectivity index (χ1v) is 8.09. The van der Waals surface area contributed by atoms with Crippen molar-refractivity contribution < 1.29 is 0 Å². The van der Waals surface area contributed by atoms with E-state index in [1.54, 1.807) is 4.68 Å². The van der Waals surface area contributed by atoms with Gasteiger partial charge in [-0.3, -0.25) is 4.68 Å². The zero-order valence-corrected chi connectivity index (χ0v) is 14.2. The lowest BCUT2D eigenvalue weighted by atomic mass is 9.63. The number of nitrogens with two attached hydrogens (primary N) is 1. The van der Waals surface area contributed by atoms with E-state index >= 15 is 0 Å². The number of hydrogen-bond donors (Lipinski definition) is 1. The fourth-order valence-electron chi connectivity index (χ4n) is 4.06. The van der Waals surface area contributed by atoms with Gasteiger partial charge in [-0.2, -0.15) is 5.10 Å². The standard InChI is InChI=1S/C16H28ClN3/c1-10(2)14-7-6-11(3)8-16(14,18)9-13-12(4)19-20(5)15(13)17/h10-11,14H,6-9,18H2,1-5H3. The number of aromatic nitrogens is 2. The molecule has 20 heavy (non-hydrogen) atoms. The molecule has 2 rings (SSSR count). The Morgan fingerprint density at radius 1 is 1.45 bits per heavy atom. The minimum atomic E-state index is -0.150. The van der Waals surface area contributed by atoms with E-state index in [0.29, 0.717) is 17.8 Å². The summed E-state index contributed by atoms with van der Waals surface area (Å²) in [7, 11) is 1.89. The molecule has 0 spiro atoms. The number of halogens is 1. The lowest BCUT2D eigenvalue weighted by Crippen LogP contribution is -2.54. The summed E-state index contributed by atoms with van der Waals surface area (Å²) in [5.41, 5.74) is 8.88. The predicted molar refractivity (Wildman–Crippen MR) is 84.9 cm³/mol. The molecule has 0 aliphatic heterocycles. The Balaban J connectivity index is 2.31. The second-order valence-corrected chi connectivity index (χ2v) is 7.48. The fraction of sp³-hybridized carbons (Fsp3) is 0.812. The predicted octanol–water partition coefficient (Wildman–Crippen LogP) is 3.71. The summed E-state index contributed by atoms with van der Waals surface area (Å²) in [5.74, 6) is 1.88. The first kappa shape index (κ1) is 15.8. The molecule has 3 nitrogen and oxygen atoms in total. The van der Waals surface area contributed by atoms with Gasteiger partial charge in [0, 0.05) is 18.2 Å². The topological polar surface area (TPSA) is 43.8 Å². The van der Waals surface area contributed by atoms with Gasteiger partial charge in [0.25, 0.3) is 0 Å². The van der Waals surface area contributed by atoms with Crippen molar-refractivity contribution in [1.82, 2.24) is 9.78 Å². The molecule has 0 amide bonds. The highest BCUT2D eigenvalue weighted by atomic mass is 35.5. The zero-order valence-electron chi connectivity index (χ0n) is 13.4. The largest absolute Gasteiger partial charge is 0.325 e. The van der Waals surface area contributed by atoms with Crippen LogP contribution >= 0.6 is 11.6 Å². The van der Waals surface area contributed by atoms with Gasteiger partial charge < -0.3 is 5.73 Å². The first-order chi connectivity index (χ1) is 9.24. The lowest BCUT2D eigenvalue weighted by Gasteiger charge is -2.46. The van der Waals surface area contributed by atoms with Crippen LogP contribution in [0.2, 0.25) is 5.15 Å². The van der Waals surface area contributed by atoms with E-state index in [9.17, 15) is 0 Å². The molecule has 0 aromatic carbocycles. The quantitative estimate of drug-likeness (QED) is 0.924. The van der Waals surface area contributed by atoms with E-state index in [1.165, 1.54) is 12.8 Å². The number of rotatable bonds is 3. The van der Waals surface area contributed by atoms with Gasteiger partial charge >= 0.3 is 0 Å². The Bertz CT molecular complexity index is 480. The van der Waals surface area contributed by atoms with Crippen LogP contribution in [0.1, 0.15) is 51.3 Å². The summed E-state index contributed by atoms with van der Waals surface area (Å²) < 4.78 is 1.76. The molecule has 3 atom stereocenters. The highest BCUT2D eigenvalue weighted by Crippen LogP contribution is 2.42. The van der Waals surface area contributed by atoms with Crippen LogP contribution in [0.3, 0.4) is 0 Å². The van der Waals surface area contributed by atoms with Crippen molar-refractivity contribution >= 4 is 11.6 Å². The normalized spacial score (nSPS) is 31.0. The Kier molecular flexibility index (Phi) is 4.50. The summed E-state index contributed by atoms with van der Waals surface area (Å²) in [5, 5.41) is 5.17. The van der Waals surface area contributed by atoms with E-state index in [4.69, 9.17) is 17.3 Å². The van der Waals surface area contributed by atoms with Gasteiger partial charge in [0.05, 0.1) is 5.69 Å². The summed E-state index contributed by atoms with van der Waals surface area (Å²) in [6.45, 7) is 8.93. The molecule has 0 radical (unpaired) electrons. The Morgan fingerprint density at radius 3 is 2.60 bits per heavy atom. The zero-order chi connectivity index (χ0) is 15.1. The molecule has 1 aliphatic carbocycles. The maximum atomic E-state index is 6.88. The average Bonchev–Trinajstić information content (AvgIpc) is 2.55. The van der Waals surface area contributed by atoms with Crippen LogP contribution in [0.4, 0.5) is 0 Å². The Labute approximate surface area is 127 Å². The van der Waals surface area contributed by atoms with Crippen molar-refractivity contribution in [3.8, 4) is 0 Å². The van der Waals surface area contributed by atoms with E-state index < -0.39 is 0 Å². The third-order valence-electron chi connectivity index (χ3n) is 5.02. The van der Waals surface area contributed by atoms with Crippen LogP contribution < -0.4 is 5.73 Å². The van der Waals surface area contributed by atoms with Gasteiger partial charge in [-0.1, -0.05) is 38.8 Å². The van der Waals surface area contributed by atoms with Crippen molar-refractivity contribution in [2.45, 2.75) is 58.9 Å². The number of aryl methyl sites for hydroxylation is 2. The third kappa shape index (κ3) is 2.89. The molecular formula is C16H28ClN3. The van der Waals surface area contributed by atoms with Gasteiger partial charge in [-0.15, -0.1) is 0 Å². The molecule has 4 heteroatoms. The Morgan fingerprint density at radius 2 is 2.10 bits per heavy atom. The molecule has 1 saturated carbocycles. The maximum Gasteiger partial charge on any atom is 0.130 e. The molecule has 1 heterocycles. The van der Waals surface area contributed by atoms with Gasteiger partial charge in [0.1, 0.15) is 5.15 Å². The second-order valence-electron chi connectivity index (χ2n) is 7.13. The molecule has 1 aliphatic rings. The lowest BCUT2D eigenvalue weighted by molar-refractivity contribution is 0.109. The SMILES string of the molecule is Cc1nn(C)c(Cl)c1CC1(N)CC(C)CCC1C(C)C. The van der Waals surface area contributed by atoms with E-state index in [1.807, 2.05) is 14.0 Å². The van der Waals surface area contributed by atoms with E-state index in [-0.39, 0.29) is 5.54 Å². The van der Waals surface area contributed by atoms with Gasteiger partial charge in [-0.05, 0) is 43.9 Å². The van der Waals surface area contributed by atoms with Crippen molar-refractivity contribution in [3.63, 3.8) is 0 Å². The van der Waals surface area contributed by atoms with Crippen LogP contribution in [-0.4, -0.2) is 15.3 Å². The molecule has 114 valence electrons. The van der Waals surface area contributed by atoms with Crippen LogP contribution in [0.5, 0.6) is 0 Å². The molecule has 2 N–H and O–H groups in total. The molecule has 3 unspecified atom stereocenters. The van der Waals surface area contributed by atoms with Crippen LogP contribution in [0.25, 0.3) is 0 Å². The summed E-state index contributed by atoms with van der Waals surface area (Å²) >= 11 is 6.40. The first-order valence-electron chi connectivity index (χ1n) is 7.71. The average molecular weight is 298 g/mol. The summed E-state index contributed by atoms with van der Waals surface area (Å²) in [4.78, 5) is 0. The van der Waals surface area contributed by atoms with Crippen LogP contribution in [0, 0.1) is 24.7 Å². The van der Waals surface area contributed by atoms with E-state index in [2.05, 4.69) is 25.9 Å². The van der Waals surface area contributed by atoms with Crippen LogP contribution in [0.15, 0.2) is 0 Å². The van der Waals surface area contributed by atoms with Crippen molar-refractivity contribution in [2.75, 3.05) is 0 Å². The minimum Gasteiger partial charge on any atom is -0.325 e. The van der Waals surface area contributed by atoms with Crippen molar-refractivity contribution in [3.05, 3.63) is 16.4 Å². The highest BCUT2D eigenvalue weighted by Gasteiger charge is 2.42. The smallest absolute Gasteiger partial charge is 0.130 e. The summed E-state index contributed by atoms with van der Waals surface area (Å²) in [6, 6.07) is 0. The van der Waals surface area contributed by atoms with Crippen molar-refractivity contribution in [2.24, 2.45) is 30.5 Å². The maximum absolute atomic E-state index is 6.88. The monoisotopic (exact) mass is 297 g/mol. The third-order valence-corrected chi connectivity index (χ3v) is 5.49. The van der Waals surface area contributed by atoms with Crippen LogP contribution in [-0.2, 0) is 13.5 Å². The highest BCUT2D eigenvalue weighted by molar-refractivity contribution is 6.30. The number of hydrogen-bond acceptors (Lipinski definition) is 2. The van der Waals surface area contributed by atoms with Gasteiger partial charge in [0.2, 0.25) is 0 Å². The van der Waals surface area contributed by atoms with Crippen molar-refractivity contribution in [1.29, 1.82) is 0 Å². The molecule has 0 bridgehead atoms. The van der Waals surface area contributed by atoms with Gasteiger partial charge in [-0.25, -0.2) is 0 Å². The van der Waals surface area contributed by atoms with E-state index in [0.717, 1.165) is 29.3 Å². The molecule has 0 saturated heterocycles. The molecule has 1 aromatic rings. The molecule has 1 fully saturated rings.